The van der Waals surface area contributed by atoms with Gasteiger partial charge in [0.15, 0.2) is 0 Å². The van der Waals surface area contributed by atoms with Gasteiger partial charge in [0.05, 0.1) is 13.0 Å². The average molecular weight is 512 g/mol. The molecule has 14 heteroatoms. The van der Waals surface area contributed by atoms with E-state index < -0.39 is 66.9 Å². The summed E-state index contributed by atoms with van der Waals surface area (Å²) in [5.41, 5.74) is 11.3. The van der Waals surface area contributed by atoms with E-state index in [1.807, 2.05) is 0 Å². The molecule has 0 heterocycles. The maximum atomic E-state index is 13.0. The van der Waals surface area contributed by atoms with Gasteiger partial charge in [-0.1, -0.05) is 12.1 Å². The first-order chi connectivity index (χ1) is 17.0. The van der Waals surface area contributed by atoms with Crippen molar-refractivity contribution in [3.63, 3.8) is 0 Å². The van der Waals surface area contributed by atoms with Crippen LogP contribution in [-0.4, -0.2) is 87.4 Å². The van der Waals surface area contributed by atoms with Gasteiger partial charge in [-0.2, -0.15) is 0 Å². The Morgan fingerprint density at radius 3 is 1.92 bits per heavy atom. The maximum Gasteiger partial charge on any atom is 0.326 e. The molecule has 0 aliphatic heterocycles. The quantitative estimate of drug-likeness (QED) is 0.104. The van der Waals surface area contributed by atoms with Gasteiger partial charge in [0.1, 0.15) is 29.9 Å². The first-order valence-corrected chi connectivity index (χ1v) is 11.2. The molecule has 4 atom stereocenters. The van der Waals surface area contributed by atoms with E-state index in [-0.39, 0.29) is 18.6 Å². The molecule has 4 unspecified atom stereocenters. The van der Waals surface area contributed by atoms with Crippen molar-refractivity contribution in [1.29, 1.82) is 0 Å². The monoisotopic (exact) mass is 511 g/mol. The number of hydrogen-bond acceptors (Lipinski definition) is 9. The molecule has 0 aliphatic rings. The summed E-state index contributed by atoms with van der Waals surface area (Å²) in [6, 6.07) is -0.00924. The number of phenols is 1. The summed E-state index contributed by atoms with van der Waals surface area (Å²) in [6.45, 7) is -0.406. The molecule has 1 aromatic carbocycles. The molecule has 14 nitrogen and oxygen atoms in total. The Kier molecular flexibility index (Phi) is 12.9. The maximum absolute atomic E-state index is 13.0. The van der Waals surface area contributed by atoms with Crippen LogP contribution in [0.25, 0.3) is 0 Å². The van der Waals surface area contributed by atoms with Crippen LogP contribution in [0.3, 0.4) is 0 Å². The zero-order valence-corrected chi connectivity index (χ0v) is 19.6. The first kappa shape index (κ1) is 30.3. The predicted octanol–water partition coefficient (Wildman–Crippen LogP) is -2.60. The molecular weight excluding hydrogens is 478 g/mol. The summed E-state index contributed by atoms with van der Waals surface area (Å²) in [4.78, 5) is 60.7. The molecule has 200 valence electrons. The van der Waals surface area contributed by atoms with Gasteiger partial charge in [-0.3, -0.25) is 19.2 Å². The van der Waals surface area contributed by atoms with E-state index in [4.69, 9.17) is 21.7 Å². The van der Waals surface area contributed by atoms with Crippen molar-refractivity contribution in [2.24, 2.45) is 11.5 Å². The largest absolute Gasteiger partial charge is 0.508 e. The lowest BCUT2D eigenvalue weighted by atomic mass is 10.0. The third-order valence-corrected chi connectivity index (χ3v) is 5.12. The first-order valence-electron chi connectivity index (χ1n) is 11.2. The molecule has 0 radical (unpaired) electrons. The Hall–Kier alpha value is -3.75. The van der Waals surface area contributed by atoms with Crippen molar-refractivity contribution in [1.82, 2.24) is 16.0 Å². The molecule has 0 spiro atoms. The summed E-state index contributed by atoms with van der Waals surface area (Å²) in [5, 5.41) is 43.9. The lowest BCUT2D eigenvalue weighted by Crippen LogP contribution is -2.58. The van der Waals surface area contributed by atoms with Crippen molar-refractivity contribution in [3.05, 3.63) is 29.8 Å². The highest BCUT2D eigenvalue weighted by atomic mass is 16.4. The lowest BCUT2D eigenvalue weighted by Gasteiger charge is -2.24. The molecule has 0 saturated heterocycles. The van der Waals surface area contributed by atoms with Crippen LogP contribution in [0.5, 0.6) is 5.75 Å². The van der Waals surface area contributed by atoms with Crippen molar-refractivity contribution < 1.29 is 44.4 Å². The fraction of sp³-hybridized carbons (Fsp3) is 0.500. The zero-order valence-electron chi connectivity index (χ0n) is 19.6. The average Bonchev–Trinajstić information content (AvgIpc) is 2.82. The predicted molar refractivity (Wildman–Crippen MR) is 125 cm³/mol. The molecule has 1 rings (SSSR count). The van der Waals surface area contributed by atoms with Gasteiger partial charge in [0, 0.05) is 6.42 Å². The molecule has 0 bridgehead atoms. The number of carboxylic acid groups (broad SMARTS) is 2. The Balaban J connectivity index is 3.13. The molecule has 1 aromatic rings. The molecule has 11 N–H and O–H groups in total. The van der Waals surface area contributed by atoms with Crippen LogP contribution in [0.1, 0.15) is 31.2 Å². The third-order valence-electron chi connectivity index (χ3n) is 5.12. The molecule has 0 aliphatic carbocycles. The number of carbonyl (C=O) groups excluding carboxylic acids is 3. The fourth-order valence-corrected chi connectivity index (χ4v) is 3.12. The number of unbranched alkanes of at least 4 members (excludes halogenated alkanes) is 1. The third kappa shape index (κ3) is 10.7. The van der Waals surface area contributed by atoms with Crippen LogP contribution in [0.4, 0.5) is 0 Å². The number of phenolic OH excluding ortho intramolecular Hbond substituents is 1. The zero-order chi connectivity index (χ0) is 27.3. The Labute approximate surface area is 207 Å². The van der Waals surface area contributed by atoms with Crippen LogP contribution < -0.4 is 27.4 Å². The van der Waals surface area contributed by atoms with Crippen LogP contribution in [0, 0.1) is 0 Å². The number of nitrogens with two attached hydrogens (primary N) is 2. The second-order valence-corrected chi connectivity index (χ2v) is 8.06. The Bertz CT molecular complexity index is 910. The van der Waals surface area contributed by atoms with Crippen LogP contribution in [0.15, 0.2) is 24.3 Å². The molecular formula is C22H33N5O9. The number of amides is 3. The normalized spacial score (nSPS) is 14.1. The second-order valence-electron chi connectivity index (χ2n) is 8.06. The SMILES string of the molecule is NCCCCC(NC(=O)C(Cc1ccc(O)cc1)NC(=O)C(CC(=O)O)NC(=O)C(N)CO)C(=O)O. The summed E-state index contributed by atoms with van der Waals surface area (Å²) < 4.78 is 0. The minimum Gasteiger partial charge on any atom is -0.508 e. The van der Waals surface area contributed by atoms with Crippen molar-refractivity contribution in [3.8, 4) is 5.75 Å². The van der Waals surface area contributed by atoms with Crippen molar-refractivity contribution >= 4 is 29.7 Å². The summed E-state index contributed by atoms with van der Waals surface area (Å²) in [5.74, 6) is -5.64. The Morgan fingerprint density at radius 1 is 0.833 bits per heavy atom. The molecule has 0 saturated carbocycles. The molecule has 0 aromatic heterocycles. The molecule has 36 heavy (non-hydrogen) atoms. The van der Waals surface area contributed by atoms with Gasteiger partial charge in [-0.25, -0.2) is 4.79 Å². The van der Waals surface area contributed by atoms with Crippen molar-refractivity contribution in [2.75, 3.05) is 13.2 Å². The smallest absolute Gasteiger partial charge is 0.326 e. The number of carbonyl (C=O) groups is 5. The molecule has 3 amide bonds. The number of aromatic hydroxyl groups is 1. The number of hydrogen-bond donors (Lipinski definition) is 9. The van der Waals surface area contributed by atoms with Gasteiger partial charge >= 0.3 is 11.9 Å². The minimum atomic E-state index is -1.64. The number of rotatable bonds is 16. The van der Waals surface area contributed by atoms with E-state index in [1.165, 1.54) is 24.3 Å². The Morgan fingerprint density at radius 2 is 1.39 bits per heavy atom. The minimum absolute atomic E-state index is 0.0425. The van der Waals surface area contributed by atoms with Crippen LogP contribution in [-0.2, 0) is 30.4 Å². The van der Waals surface area contributed by atoms with Gasteiger partial charge in [0.25, 0.3) is 0 Å². The summed E-state index contributed by atoms with van der Waals surface area (Å²) in [6.07, 6.45) is 0.0757. The van der Waals surface area contributed by atoms with Crippen LogP contribution in [0.2, 0.25) is 0 Å². The number of aliphatic carboxylic acids is 2. The fourth-order valence-electron chi connectivity index (χ4n) is 3.12. The van der Waals surface area contributed by atoms with Gasteiger partial charge in [-0.15, -0.1) is 0 Å². The van der Waals surface area contributed by atoms with E-state index >= 15 is 0 Å². The number of aliphatic hydroxyl groups excluding tert-OH is 1. The summed E-state index contributed by atoms with van der Waals surface area (Å²) in [7, 11) is 0. The van der Waals surface area contributed by atoms with E-state index in [2.05, 4.69) is 16.0 Å². The second kappa shape index (κ2) is 15.3. The van der Waals surface area contributed by atoms with E-state index in [9.17, 15) is 34.2 Å². The highest BCUT2D eigenvalue weighted by molar-refractivity contribution is 5.95. The highest BCUT2D eigenvalue weighted by Crippen LogP contribution is 2.12. The number of nitrogens with one attached hydrogen (secondary N) is 3. The van der Waals surface area contributed by atoms with Gasteiger partial charge in [0.2, 0.25) is 17.7 Å². The van der Waals surface area contributed by atoms with E-state index in [1.54, 1.807) is 0 Å². The van der Waals surface area contributed by atoms with Gasteiger partial charge in [-0.05, 0) is 43.5 Å². The van der Waals surface area contributed by atoms with Crippen molar-refractivity contribution in [2.45, 2.75) is 56.3 Å². The topological polar surface area (TPSA) is 254 Å². The summed E-state index contributed by atoms with van der Waals surface area (Å²) >= 11 is 0. The number of benzene rings is 1. The number of carboxylic acids is 2. The highest BCUT2D eigenvalue weighted by Gasteiger charge is 2.31. The molecule has 0 fully saturated rings. The lowest BCUT2D eigenvalue weighted by molar-refractivity contribution is -0.143. The van der Waals surface area contributed by atoms with Crippen LogP contribution >= 0.6 is 0 Å². The van der Waals surface area contributed by atoms with E-state index in [0.29, 0.717) is 24.9 Å². The van der Waals surface area contributed by atoms with E-state index in [0.717, 1.165) is 0 Å². The standard InChI is InChI=1S/C22H33N5O9/c23-8-2-1-3-15(22(35)36)25-20(33)16(9-12-4-6-13(29)7-5-12)27-21(34)17(10-18(30)31)26-19(32)14(24)11-28/h4-7,14-17,28-29H,1-3,8-11,23-24H2,(H,25,33)(H,26,32)(H,27,34)(H,30,31)(H,35,36). The number of aliphatic hydroxyl groups is 1. The van der Waals surface area contributed by atoms with Gasteiger partial charge < -0.3 is 47.8 Å².